The Morgan fingerprint density at radius 2 is 2.04 bits per heavy atom. The van der Waals surface area contributed by atoms with Gasteiger partial charge < -0.3 is 9.47 Å². The summed E-state index contributed by atoms with van der Waals surface area (Å²) in [5, 5.41) is 0. The molecular weight excluding hydrogens is 288 g/mol. The van der Waals surface area contributed by atoms with E-state index in [0.717, 1.165) is 36.7 Å². The van der Waals surface area contributed by atoms with Gasteiger partial charge in [-0.1, -0.05) is 13.8 Å². The Morgan fingerprint density at radius 1 is 1.22 bits per heavy atom. The molecule has 6 heteroatoms. The monoisotopic (exact) mass is 310 g/mol. The summed E-state index contributed by atoms with van der Waals surface area (Å²) in [6.45, 7) is 7.49. The molecule has 0 radical (unpaired) electrons. The average Bonchev–Trinajstić information content (AvgIpc) is 3.08. The van der Waals surface area contributed by atoms with E-state index in [1.807, 2.05) is 31.6 Å². The maximum Gasteiger partial charge on any atom is 0.207 e. The van der Waals surface area contributed by atoms with Gasteiger partial charge in [-0.3, -0.25) is 4.57 Å². The van der Waals surface area contributed by atoms with Crippen molar-refractivity contribution in [3.63, 3.8) is 0 Å². The Hall–Kier alpha value is -2.37. The molecular formula is C17H22N6. The third-order valence-corrected chi connectivity index (χ3v) is 4.56. The normalized spacial score (nSPS) is 15.6. The molecule has 0 spiro atoms. The van der Waals surface area contributed by atoms with E-state index in [-0.39, 0.29) is 0 Å². The minimum atomic E-state index is 0.465. The van der Waals surface area contributed by atoms with E-state index >= 15 is 0 Å². The van der Waals surface area contributed by atoms with Crippen LogP contribution < -0.4 is 4.90 Å². The van der Waals surface area contributed by atoms with Crippen LogP contribution in [0.3, 0.4) is 0 Å². The van der Waals surface area contributed by atoms with E-state index in [1.54, 1.807) is 0 Å². The molecule has 1 aliphatic rings. The first-order valence-electron chi connectivity index (χ1n) is 8.17. The first-order chi connectivity index (χ1) is 11.1. The summed E-state index contributed by atoms with van der Waals surface area (Å²) in [6.07, 6.45) is 5.82. The zero-order chi connectivity index (χ0) is 16.0. The molecule has 6 nitrogen and oxygen atoms in total. The van der Waals surface area contributed by atoms with E-state index < -0.39 is 0 Å². The Morgan fingerprint density at radius 3 is 2.78 bits per heavy atom. The first-order valence-corrected chi connectivity index (χ1v) is 8.17. The lowest BCUT2D eigenvalue weighted by molar-refractivity contribution is 0.345. The fourth-order valence-electron chi connectivity index (χ4n) is 3.40. The highest BCUT2D eigenvalue weighted by atomic mass is 15.3. The number of hydrogen-bond donors (Lipinski definition) is 0. The van der Waals surface area contributed by atoms with Crippen LogP contribution in [0, 0.1) is 5.92 Å². The largest absolute Gasteiger partial charge is 0.341 e. The summed E-state index contributed by atoms with van der Waals surface area (Å²) in [7, 11) is 2.04. The highest BCUT2D eigenvalue weighted by Gasteiger charge is 2.31. The number of anilines is 1. The zero-order valence-corrected chi connectivity index (χ0v) is 13.8. The maximum absolute atomic E-state index is 4.72. The SMILES string of the molecule is CC(C)c1nccn1CC1CN(c2nc3cccnc3n2C)C1. The highest BCUT2D eigenvalue weighted by molar-refractivity contribution is 5.74. The molecule has 4 heterocycles. The molecule has 0 aliphatic carbocycles. The molecule has 1 fully saturated rings. The number of fused-ring (bicyclic) bond motifs is 1. The molecule has 23 heavy (non-hydrogen) atoms. The Balaban J connectivity index is 1.46. The van der Waals surface area contributed by atoms with Crippen molar-refractivity contribution in [3.8, 4) is 0 Å². The van der Waals surface area contributed by atoms with Crippen LogP contribution in [-0.2, 0) is 13.6 Å². The fourth-order valence-corrected chi connectivity index (χ4v) is 3.40. The van der Waals surface area contributed by atoms with Crippen LogP contribution in [0.5, 0.6) is 0 Å². The number of nitrogens with zero attached hydrogens (tertiary/aromatic N) is 6. The topological polar surface area (TPSA) is 51.8 Å². The zero-order valence-electron chi connectivity index (χ0n) is 13.8. The predicted octanol–water partition coefficient (Wildman–Crippen LogP) is 2.42. The predicted molar refractivity (Wildman–Crippen MR) is 90.5 cm³/mol. The van der Waals surface area contributed by atoms with Crippen LogP contribution in [0.2, 0.25) is 0 Å². The van der Waals surface area contributed by atoms with E-state index in [9.17, 15) is 0 Å². The summed E-state index contributed by atoms with van der Waals surface area (Å²) in [5.41, 5.74) is 1.91. The van der Waals surface area contributed by atoms with Crippen LogP contribution in [0.1, 0.15) is 25.6 Å². The molecule has 0 saturated carbocycles. The molecule has 0 N–H and O–H groups in total. The van der Waals surface area contributed by atoms with Gasteiger partial charge in [0.25, 0.3) is 0 Å². The van der Waals surface area contributed by atoms with Crippen molar-refractivity contribution in [3.05, 3.63) is 36.5 Å². The van der Waals surface area contributed by atoms with Gasteiger partial charge in [-0.25, -0.2) is 15.0 Å². The minimum absolute atomic E-state index is 0.465. The summed E-state index contributed by atoms with van der Waals surface area (Å²) in [6, 6.07) is 3.95. The van der Waals surface area contributed by atoms with E-state index in [2.05, 4.69) is 44.0 Å². The van der Waals surface area contributed by atoms with Crippen LogP contribution in [0.15, 0.2) is 30.7 Å². The van der Waals surface area contributed by atoms with Crippen LogP contribution in [0.4, 0.5) is 5.95 Å². The third kappa shape index (κ3) is 2.38. The van der Waals surface area contributed by atoms with Gasteiger partial charge in [0, 0.05) is 57.1 Å². The minimum Gasteiger partial charge on any atom is -0.341 e. The second-order valence-corrected chi connectivity index (χ2v) is 6.68. The van der Waals surface area contributed by atoms with Gasteiger partial charge in [0.05, 0.1) is 0 Å². The molecule has 4 rings (SSSR count). The number of aryl methyl sites for hydroxylation is 1. The molecule has 120 valence electrons. The van der Waals surface area contributed by atoms with E-state index in [1.165, 1.54) is 5.82 Å². The van der Waals surface area contributed by atoms with Crippen molar-refractivity contribution < 1.29 is 0 Å². The first kappa shape index (κ1) is 14.2. The lowest BCUT2D eigenvalue weighted by atomic mass is 10.0. The van der Waals surface area contributed by atoms with E-state index in [0.29, 0.717) is 11.8 Å². The van der Waals surface area contributed by atoms with Crippen LogP contribution in [0.25, 0.3) is 11.2 Å². The number of aromatic nitrogens is 5. The molecule has 0 aromatic carbocycles. The number of hydrogen-bond acceptors (Lipinski definition) is 4. The molecule has 3 aromatic rings. The van der Waals surface area contributed by atoms with Crippen molar-refractivity contribution >= 4 is 17.1 Å². The molecule has 3 aromatic heterocycles. The number of imidazole rings is 2. The molecule has 0 amide bonds. The smallest absolute Gasteiger partial charge is 0.207 e. The summed E-state index contributed by atoms with van der Waals surface area (Å²) in [4.78, 5) is 15.9. The summed E-state index contributed by atoms with van der Waals surface area (Å²) < 4.78 is 4.38. The van der Waals surface area contributed by atoms with Gasteiger partial charge in [0.2, 0.25) is 5.95 Å². The lowest BCUT2D eigenvalue weighted by Crippen LogP contribution is -2.49. The van der Waals surface area contributed by atoms with Crippen molar-refractivity contribution in [1.29, 1.82) is 0 Å². The molecule has 1 saturated heterocycles. The molecule has 0 unspecified atom stereocenters. The fraction of sp³-hybridized carbons (Fsp3) is 0.471. The van der Waals surface area contributed by atoms with Crippen molar-refractivity contribution in [2.24, 2.45) is 13.0 Å². The Kier molecular flexibility index (Phi) is 3.32. The second kappa shape index (κ2) is 5.37. The van der Waals surface area contributed by atoms with Crippen LogP contribution in [-0.4, -0.2) is 37.2 Å². The van der Waals surface area contributed by atoms with E-state index in [4.69, 9.17) is 4.98 Å². The Labute approximate surface area is 135 Å². The lowest BCUT2D eigenvalue weighted by Gasteiger charge is -2.40. The molecule has 0 bridgehead atoms. The maximum atomic E-state index is 4.72. The van der Waals surface area contributed by atoms with Gasteiger partial charge in [-0.15, -0.1) is 0 Å². The number of rotatable bonds is 4. The molecule has 1 aliphatic heterocycles. The Bertz CT molecular complexity index is 825. The van der Waals surface area contributed by atoms with Crippen molar-refractivity contribution in [2.45, 2.75) is 26.3 Å². The van der Waals surface area contributed by atoms with Crippen molar-refractivity contribution in [1.82, 2.24) is 24.1 Å². The second-order valence-electron chi connectivity index (χ2n) is 6.68. The quantitative estimate of drug-likeness (QED) is 0.742. The van der Waals surface area contributed by atoms with Gasteiger partial charge in [-0.05, 0) is 12.1 Å². The van der Waals surface area contributed by atoms with Crippen molar-refractivity contribution in [2.75, 3.05) is 18.0 Å². The molecule has 0 atom stereocenters. The number of pyridine rings is 1. The van der Waals surface area contributed by atoms with Gasteiger partial charge in [0.1, 0.15) is 11.3 Å². The third-order valence-electron chi connectivity index (χ3n) is 4.56. The summed E-state index contributed by atoms with van der Waals surface area (Å²) in [5.74, 6) is 3.31. The van der Waals surface area contributed by atoms with Crippen LogP contribution >= 0.6 is 0 Å². The standard InChI is InChI=1S/C17H22N6/c1-12(2)15-19-7-8-22(15)9-13-10-23(11-13)17-20-14-5-4-6-18-16(14)21(17)3/h4-8,12-13H,9-11H2,1-3H3. The highest BCUT2D eigenvalue weighted by Crippen LogP contribution is 2.27. The van der Waals surface area contributed by atoms with Gasteiger partial charge in [0.15, 0.2) is 5.65 Å². The van der Waals surface area contributed by atoms with Gasteiger partial charge in [-0.2, -0.15) is 0 Å². The summed E-state index contributed by atoms with van der Waals surface area (Å²) >= 11 is 0. The average molecular weight is 310 g/mol. The van der Waals surface area contributed by atoms with Gasteiger partial charge >= 0.3 is 0 Å².